The van der Waals surface area contributed by atoms with Crippen LogP contribution in [0.3, 0.4) is 0 Å². The lowest BCUT2D eigenvalue weighted by molar-refractivity contribution is 0.0941. The molecular formula is C18H26N4O. The average molecular weight is 314 g/mol. The van der Waals surface area contributed by atoms with Crippen LogP contribution < -0.4 is 0 Å². The van der Waals surface area contributed by atoms with E-state index in [0.717, 1.165) is 31.9 Å². The van der Waals surface area contributed by atoms with Gasteiger partial charge in [-0.25, -0.2) is 4.98 Å². The third kappa shape index (κ3) is 4.19. The van der Waals surface area contributed by atoms with E-state index in [4.69, 9.17) is 0 Å². The number of piperidine rings is 1. The summed E-state index contributed by atoms with van der Waals surface area (Å²) < 4.78 is 2.01. The Kier molecular flexibility index (Phi) is 5.43. The maximum atomic E-state index is 9.40. The van der Waals surface area contributed by atoms with Gasteiger partial charge in [-0.2, -0.15) is 0 Å². The molecule has 1 N–H and O–H groups in total. The van der Waals surface area contributed by atoms with Gasteiger partial charge >= 0.3 is 0 Å². The molecule has 0 atom stereocenters. The van der Waals surface area contributed by atoms with Crippen molar-refractivity contribution in [3.05, 3.63) is 48.5 Å². The van der Waals surface area contributed by atoms with Crippen molar-refractivity contribution in [2.75, 3.05) is 33.3 Å². The predicted octanol–water partition coefficient (Wildman–Crippen LogP) is 1.76. The third-order valence-corrected chi connectivity index (χ3v) is 4.72. The number of aromatic nitrogens is 2. The van der Waals surface area contributed by atoms with Crippen LogP contribution in [0.5, 0.6) is 0 Å². The SMILES string of the molecule is CN1CCC(N(CCO)Cc2ccc(-n3ccnc3)cc2)CC1. The van der Waals surface area contributed by atoms with Gasteiger partial charge in [-0.1, -0.05) is 12.1 Å². The minimum Gasteiger partial charge on any atom is -0.395 e. The number of hydrogen-bond donors (Lipinski definition) is 1. The Morgan fingerprint density at radius 1 is 1.22 bits per heavy atom. The summed E-state index contributed by atoms with van der Waals surface area (Å²) in [5.41, 5.74) is 2.42. The van der Waals surface area contributed by atoms with E-state index in [2.05, 4.69) is 46.1 Å². The maximum absolute atomic E-state index is 9.40. The first kappa shape index (κ1) is 16.2. The van der Waals surface area contributed by atoms with Crippen molar-refractivity contribution in [2.45, 2.75) is 25.4 Å². The highest BCUT2D eigenvalue weighted by atomic mass is 16.3. The van der Waals surface area contributed by atoms with Crippen molar-refractivity contribution in [2.24, 2.45) is 0 Å². The van der Waals surface area contributed by atoms with Crippen LogP contribution in [0.15, 0.2) is 43.0 Å². The molecule has 1 aliphatic rings. The molecule has 1 fully saturated rings. The zero-order valence-corrected chi connectivity index (χ0v) is 13.8. The van der Waals surface area contributed by atoms with E-state index in [1.54, 1.807) is 6.20 Å². The number of imidazole rings is 1. The molecule has 0 aliphatic carbocycles. The van der Waals surface area contributed by atoms with Crippen molar-refractivity contribution in [1.82, 2.24) is 19.4 Å². The fourth-order valence-corrected chi connectivity index (χ4v) is 3.30. The zero-order chi connectivity index (χ0) is 16.1. The summed E-state index contributed by atoms with van der Waals surface area (Å²) >= 11 is 0. The second-order valence-corrected chi connectivity index (χ2v) is 6.36. The molecule has 5 heteroatoms. The molecule has 124 valence electrons. The molecular weight excluding hydrogens is 288 g/mol. The minimum absolute atomic E-state index is 0.222. The van der Waals surface area contributed by atoms with Gasteiger partial charge in [-0.3, -0.25) is 4.90 Å². The topological polar surface area (TPSA) is 44.5 Å². The molecule has 1 aromatic carbocycles. The molecule has 3 rings (SSSR count). The zero-order valence-electron chi connectivity index (χ0n) is 13.8. The molecule has 0 saturated carbocycles. The van der Waals surface area contributed by atoms with E-state index < -0.39 is 0 Å². The molecule has 2 heterocycles. The summed E-state index contributed by atoms with van der Waals surface area (Å²) in [6.07, 6.45) is 7.92. The van der Waals surface area contributed by atoms with Gasteiger partial charge in [0.2, 0.25) is 0 Å². The third-order valence-electron chi connectivity index (χ3n) is 4.72. The Bertz CT molecular complexity index is 574. The lowest BCUT2D eigenvalue weighted by Gasteiger charge is -2.37. The number of likely N-dealkylation sites (tertiary alicyclic amines) is 1. The Morgan fingerprint density at radius 3 is 2.57 bits per heavy atom. The second-order valence-electron chi connectivity index (χ2n) is 6.36. The van der Waals surface area contributed by atoms with E-state index in [0.29, 0.717) is 6.04 Å². The number of aliphatic hydroxyl groups is 1. The summed E-state index contributed by atoms with van der Waals surface area (Å²) in [6.45, 7) is 4.16. The Labute approximate surface area is 138 Å². The average Bonchev–Trinajstić information content (AvgIpc) is 3.10. The van der Waals surface area contributed by atoms with Crippen LogP contribution in [0.4, 0.5) is 0 Å². The highest BCUT2D eigenvalue weighted by Crippen LogP contribution is 2.19. The Morgan fingerprint density at radius 2 is 1.96 bits per heavy atom. The summed E-state index contributed by atoms with van der Waals surface area (Å²) in [4.78, 5) is 8.90. The fourth-order valence-electron chi connectivity index (χ4n) is 3.30. The number of rotatable bonds is 6. The van der Waals surface area contributed by atoms with Gasteiger partial charge in [0.15, 0.2) is 0 Å². The van der Waals surface area contributed by atoms with Crippen molar-refractivity contribution >= 4 is 0 Å². The van der Waals surface area contributed by atoms with Gasteiger partial charge in [-0.05, 0) is 50.7 Å². The lowest BCUT2D eigenvalue weighted by Crippen LogP contribution is -2.44. The molecule has 5 nitrogen and oxygen atoms in total. The van der Waals surface area contributed by atoms with Gasteiger partial charge in [0.05, 0.1) is 12.9 Å². The first-order valence-corrected chi connectivity index (χ1v) is 8.37. The molecule has 2 aromatic rings. The molecule has 0 amide bonds. The van der Waals surface area contributed by atoms with Crippen LogP contribution in [-0.4, -0.2) is 63.8 Å². The van der Waals surface area contributed by atoms with E-state index in [-0.39, 0.29) is 6.61 Å². The molecule has 1 aliphatic heterocycles. The van der Waals surface area contributed by atoms with Gasteiger partial charge in [0.25, 0.3) is 0 Å². The van der Waals surface area contributed by atoms with Crippen LogP contribution in [0.25, 0.3) is 5.69 Å². The summed E-state index contributed by atoms with van der Waals surface area (Å²) in [5, 5.41) is 9.40. The van der Waals surface area contributed by atoms with Gasteiger partial charge in [0, 0.05) is 37.2 Å². The van der Waals surface area contributed by atoms with Crippen molar-refractivity contribution in [1.29, 1.82) is 0 Å². The smallest absolute Gasteiger partial charge is 0.0991 e. The molecule has 23 heavy (non-hydrogen) atoms. The van der Waals surface area contributed by atoms with Crippen LogP contribution in [0.2, 0.25) is 0 Å². The first-order chi connectivity index (χ1) is 11.3. The fraction of sp³-hybridized carbons (Fsp3) is 0.500. The van der Waals surface area contributed by atoms with Crippen molar-refractivity contribution in [3.8, 4) is 5.69 Å². The van der Waals surface area contributed by atoms with Crippen molar-refractivity contribution < 1.29 is 5.11 Å². The van der Waals surface area contributed by atoms with Crippen LogP contribution in [-0.2, 0) is 6.54 Å². The summed E-state index contributed by atoms with van der Waals surface area (Å²) in [5.74, 6) is 0. The van der Waals surface area contributed by atoms with E-state index in [9.17, 15) is 5.11 Å². The minimum atomic E-state index is 0.222. The Hall–Kier alpha value is -1.69. The van der Waals surface area contributed by atoms with Crippen molar-refractivity contribution in [3.63, 3.8) is 0 Å². The second kappa shape index (κ2) is 7.73. The monoisotopic (exact) mass is 314 g/mol. The predicted molar refractivity (Wildman–Crippen MR) is 91.6 cm³/mol. The highest BCUT2D eigenvalue weighted by molar-refractivity contribution is 5.34. The van der Waals surface area contributed by atoms with E-state index in [1.165, 1.54) is 18.4 Å². The summed E-state index contributed by atoms with van der Waals surface area (Å²) in [6, 6.07) is 9.18. The number of aliphatic hydroxyl groups excluding tert-OH is 1. The van der Waals surface area contributed by atoms with Crippen LogP contribution in [0.1, 0.15) is 18.4 Å². The highest BCUT2D eigenvalue weighted by Gasteiger charge is 2.22. The Balaban J connectivity index is 1.65. The molecule has 1 saturated heterocycles. The maximum Gasteiger partial charge on any atom is 0.0991 e. The molecule has 0 unspecified atom stereocenters. The standard InChI is InChI=1S/C18H26N4O/c1-20-9-6-18(7-10-20)21(12-13-23)14-16-2-4-17(5-3-16)22-11-8-19-15-22/h2-5,8,11,15,18,23H,6-7,9-10,12-14H2,1H3. The van der Waals surface area contributed by atoms with Gasteiger partial charge < -0.3 is 14.6 Å². The van der Waals surface area contributed by atoms with Crippen LogP contribution >= 0.6 is 0 Å². The quantitative estimate of drug-likeness (QED) is 0.882. The van der Waals surface area contributed by atoms with Gasteiger partial charge in [-0.15, -0.1) is 0 Å². The van der Waals surface area contributed by atoms with E-state index in [1.807, 2.05) is 17.1 Å². The summed E-state index contributed by atoms with van der Waals surface area (Å²) in [7, 11) is 2.18. The van der Waals surface area contributed by atoms with E-state index >= 15 is 0 Å². The van der Waals surface area contributed by atoms with Crippen LogP contribution in [0, 0.1) is 0 Å². The lowest BCUT2D eigenvalue weighted by atomic mass is 10.0. The molecule has 0 bridgehead atoms. The number of hydrogen-bond acceptors (Lipinski definition) is 4. The first-order valence-electron chi connectivity index (χ1n) is 8.37. The molecule has 1 aromatic heterocycles. The number of benzene rings is 1. The normalized spacial score (nSPS) is 17.0. The molecule has 0 spiro atoms. The number of nitrogens with zero attached hydrogens (tertiary/aromatic N) is 4. The molecule has 0 radical (unpaired) electrons. The largest absolute Gasteiger partial charge is 0.395 e. The van der Waals surface area contributed by atoms with Gasteiger partial charge in [0.1, 0.15) is 0 Å².